The van der Waals surface area contributed by atoms with E-state index in [0.29, 0.717) is 12.1 Å². The predicted octanol–water partition coefficient (Wildman–Crippen LogP) is 1.89. The molecule has 1 aromatic rings. The summed E-state index contributed by atoms with van der Waals surface area (Å²) in [7, 11) is 3.50. The van der Waals surface area contributed by atoms with Crippen LogP contribution < -0.4 is 0 Å². The van der Waals surface area contributed by atoms with Gasteiger partial charge in [0.05, 0.1) is 34.7 Å². The van der Waals surface area contributed by atoms with Crippen LogP contribution in [-0.2, 0) is 9.47 Å². The number of ether oxygens (including phenoxy) is 2. The van der Waals surface area contributed by atoms with E-state index in [-0.39, 0.29) is 23.7 Å². The molecule has 0 spiro atoms. The SMILES string of the molecule is CO[C@H]1CC[C@@]2(OC)CCN(C(=O)c3c(C)ncnc3C)[C@H]2C1. The lowest BCUT2D eigenvalue weighted by Gasteiger charge is -2.43. The van der Waals surface area contributed by atoms with Gasteiger partial charge in [-0.3, -0.25) is 4.79 Å². The number of likely N-dealkylation sites (tertiary alicyclic amines) is 1. The van der Waals surface area contributed by atoms with E-state index in [4.69, 9.17) is 9.47 Å². The third-order valence-electron chi connectivity index (χ3n) is 5.58. The van der Waals surface area contributed by atoms with E-state index in [9.17, 15) is 4.79 Å². The number of hydrogen-bond donors (Lipinski definition) is 0. The molecule has 126 valence electrons. The van der Waals surface area contributed by atoms with Gasteiger partial charge in [0, 0.05) is 20.8 Å². The summed E-state index contributed by atoms with van der Waals surface area (Å²) in [5.41, 5.74) is 1.86. The minimum absolute atomic E-state index is 0.0151. The van der Waals surface area contributed by atoms with Gasteiger partial charge in [0.2, 0.25) is 0 Å². The van der Waals surface area contributed by atoms with Crippen molar-refractivity contribution >= 4 is 5.91 Å². The average Bonchev–Trinajstić information content (AvgIpc) is 2.93. The zero-order chi connectivity index (χ0) is 16.6. The van der Waals surface area contributed by atoms with Crippen molar-refractivity contribution in [2.45, 2.75) is 57.3 Å². The first-order chi connectivity index (χ1) is 11.0. The fourth-order valence-electron chi connectivity index (χ4n) is 4.17. The topological polar surface area (TPSA) is 64.6 Å². The molecule has 0 unspecified atom stereocenters. The molecular weight excluding hydrogens is 294 g/mol. The normalized spacial score (nSPS) is 30.3. The van der Waals surface area contributed by atoms with Crippen molar-refractivity contribution in [1.29, 1.82) is 0 Å². The zero-order valence-corrected chi connectivity index (χ0v) is 14.3. The van der Waals surface area contributed by atoms with Crippen LogP contribution in [0.3, 0.4) is 0 Å². The summed E-state index contributed by atoms with van der Waals surface area (Å²) >= 11 is 0. The van der Waals surface area contributed by atoms with Crippen molar-refractivity contribution in [3.05, 3.63) is 23.3 Å². The molecule has 0 aromatic carbocycles. The highest BCUT2D eigenvalue weighted by Crippen LogP contribution is 2.43. The number of hydrogen-bond acceptors (Lipinski definition) is 5. The molecule has 1 saturated carbocycles. The molecule has 23 heavy (non-hydrogen) atoms. The zero-order valence-electron chi connectivity index (χ0n) is 14.3. The molecule has 0 radical (unpaired) electrons. The third-order valence-corrected chi connectivity index (χ3v) is 5.58. The largest absolute Gasteiger partial charge is 0.381 e. The molecule has 6 heteroatoms. The fraction of sp³-hybridized carbons (Fsp3) is 0.706. The maximum absolute atomic E-state index is 13.1. The Balaban J connectivity index is 1.92. The lowest BCUT2D eigenvalue weighted by Crippen LogP contribution is -2.53. The summed E-state index contributed by atoms with van der Waals surface area (Å²) in [5, 5.41) is 0. The first-order valence-electron chi connectivity index (χ1n) is 8.19. The number of carbonyl (C=O) groups excluding carboxylic acids is 1. The predicted molar refractivity (Wildman–Crippen MR) is 85.3 cm³/mol. The molecule has 2 aliphatic rings. The van der Waals surface area contributed by atoms with Crippen molar-refractivity contribution in [2.75, 3.05) is 20.8 Å². The molecule has 1 aliphatic heterocycles. The van der Waals surface area contributed by atoms with Gasteiger partial charge in [-0.1, -0.05) is 0 Å². The van der Waals surface area contributed by atoms with E-state index in [1.807, 2.05) is 18.7 Å². The van der Waals surface area contributed by atoms with Crippen molar-refractivity contribution in [3.8, 4) is 0 Å². The van der Waals surface area contributed by atoms with Gasteiger partial charge in [-0.15, -0.1) is 0 Å². The number of amides is 1. The quantitative estimate of drug-likeness (QED) is 0.851. The number of methoxy groups -OCH3 is 2. The third kappa shape index (κ3) is 2.64. The van der Waals surface area contributed by atoms with Crippen LogP contribution in [-0.4, -0.2) is 59.3 Å². The average molecular weight is 319 g/mol. The Labute approximate surface area is 137 Å². The molecule has 1 aromatic heterocycles. The van der Waals surface area contributed by atoms with Crippen molar-refractivity contribution in [1.82, 2.24) is 14.9 Å². The second kappa shape index (κ2) is 6.17. The van der Waals surface area contributed by atoms with Gasteiger partial charge in [-0.05, 0) is 39.5 Å². The van der Waals surface area contributed by atoms with E-state index in [1.54, 1.807) is 14.2 Å². The van der Waals surface area contributed by atoms with Crippen LogP contribution in [0.2, 0.25) is 0 Å². The van der Waals surface area contributed by atoms with Gasteiger partial charge in [0.1, 0.15) is 6.33 Å². The van der Waals surface area contributed by atoms with Gasteiger partial charge >= 0.3 is 0 Å². The molecule has 0 N–H and O–H groups in total. The first-order valence-corrected chi connectivity index (χ1v) is 8.19. The number of nitrogens with zero attached hydrogens (tertiary/aromatic N) is 3. The maximum atomic E-state index is 13.1. The monoisotopic (exact) mass is 319 g/mol. The minimum atomic E-state index is -0.234. The molecule has 1 amide bonds. The molecule has 1 aliphatic carbocycles. The summed E-state index contributed by atoms with van der Waals surface area (Å²) in [6.45, 7) is 4.43. The second-order valence-corrected chi connectivity index (χ2v) is 6.58. The molecule has 1 saturated heterocycles. The Morgan fingerprint density at radius 2 is 1.96 bits per heavy atom. The van der Waals surface area contributed by atoms with E-state index in [0.717, 1.165) is 37.1 Å². The van der Waals surface area contributed by atoms with Crippen LogP contribution in [0.5, 0.6) is 0 Å². The Kier molecular flexibility index (Phi) is 4.38. The van der Waals surface area contributed by atoms with Crippen LogP contribution in [0, 0.1) is 13.8 Å². The molecular formula is C17H25N3O3. The number of aryl methyl sites for hydroxylation is 2. The van der Waals surface area contributed by atoms with Gasteiger partial charge in [0.15, 0.2) is 0 Å². The summed E-state index contributed by atoms with van der Waals surface area (Å²) in [5.74, 6) is 0.0151. The summed E-state index contributed by atoms with van der Waals surface area (Å²) in [4.78, 5) is 23.5. The van der Waals surface area contributed by atoms with Crippen molar-refractivity contribution in [2.24, 2.45) is 0 Å². The fourth-order valence-corrected chi connectivity index (χ4v) is 4.17. The summed E-state index contributed by atoms with van der Waals surface area (Å²) in [6, 6.07) is 0.0534. The highest BCUT2D eigenvalue weighted by atomic mass is 16.5. The van der Waals surface area contributed by atoms with E-state index in [2.05, 4.69) is 9.97 Å². The number of aromatic nitrogens is 2. The molecule has 2 heterocycles. The number of fused-ring (bicyclic) bond motifs is 1. The van der Waals surface area contributed by atoms with E-state index >= 15 is 0 Å². The van der Waals surface area contributed by atoms with Crippen LogP contribution >= 0.6 is 0 Å². The number of carbonyl (C=O) groups is 1. The van der Waals surface area contributed by atoms with E-state index < -0.39 is 0 Å². The smallest absolute Gasteiger partial charge is 0.257 e. The maximum Gasteiger partial charge on any atom is 0.257 e. The molecule has 0 bridgehead atoms. The van der Waals surface area contributed by atoms with E-state index in [1.165, 1.54) is 6.33 Å². The Morgan fingerprint density at radius 3 is 2.57 bits per heavy atom. The van der Waals surface area contributed by atoms with Crippen LogP contribution in [0.15, 0.2) is 6.33 Å². The highest BCUT2D eigenvalue weighted by Gasteiger charge is 2.53. The second-order valence-electron chi connectivity index (χ2n) is 6.58. The number of rotatable bonds is 3. The first kappa shape index (κ1) is 16.3. The Hall–Kier alpha value is -1.53. The van der Waals surface area contributed by atoms with Crippen LogP contribution in [0.1, 0.15) is 47.4 Å². The lowest BCUT2D eigenvalue weighted by atomic mass is 9.79. The summed E-state index contributed by atoms with van der Waals surface area (Å²) < 4.78 is 11.4. The Morgan fingerprint density at radius 1 is 1.26 bits per heavy atom. The molecule has 3 rings (SSSR count). The lowest BCUT2D eigenvalue weighted by molar-refractivity contribution is -0.0893. The Bertz CT molecular complexity index is 586. The highest BCUT2D eigenvalue weighted by molar-refractivity contribution is 5.96. The summed E-state index contributed by atoms with van der Waals surface area (Å²) in [6.07, 6.45) is 5.30. The van der Waals surface area contributed by atoms with Crippen LogP contribution in [0.4, 0.5) is 0 Å². The van der Waals surface area contributed by atoms with Gasteiger partial charge in [-0.2, -0.15) is 0 Å². The molecule has 2 fully saturated rings. The van der Waals surface area contributed by atoms with Gasteiger partial charge in [-0.25, -0.2) is 9.97 Å². The standard InChI is InChI=1S/C17H25N3O3/c1-11-15(12(2)19-10-18-11)16(21)20-8-7-17(23-4)6-5-13(22-3)9-14(17)20/h10,13-14H,5-9H2,1-4H3/t13-,14-,17+/m0/s1. The molecule has 6 nitrogen and oxygen atoms in total. The minimum Gasteiger partial charge on any atom is -0.381 e. The van der Waals surface area contributed by atoms with Crippen LogP contribution in [0.25, 0.3) is 0 Å². The van der Waals surface area contributed by atoms with Gasteiger partial charge in [0.25, 0.3) is 5.91 Å². The van der Waals surface area contributed by atoms with Crippen molar-refractivity contribution in [3.63, 3.8) is 0 Å². The molecule has 3 atom stereocenters. The van der Waals surface area contributed by atoms with Gasteiger partial charge < -0.3 is 14.4 Å². The van der Waals surface area contributed by atoms with Crippen molar-refractivity contribution < 1.29 is 14.3 Å².